The van der Waals surface area contributed by atoms with Crippen LogP contribution in [0, 0.1) is 5.92 Å². The van der Waals surface area contributed by atoms with Crippen LogP contribution in [0.1, 0.15) is 38.2 Å². The third kappa shape index (κ3) is 4.68. The van der Waals surface area contributed by atoms with E-state index >= 15 is 0 Å². The van der Waals surface area contributed by atoms with Crippen molar-refractivity contribution in [2.24, 2.45) is 11.7 Å². The first-order valence-corrected chi connectivity index (χ1v) is 8.86. The van der Waals surface area contributed by atoms with E-state index in [4.69, 9.17) is 5.73 Å². The van der Waals surface area contributed by atoms with Crippen molar-refractivity contribution in [1.29, 1.82) is 0 Å². The second-order valence-electron chi connectivity index (χ2n) is 5.51. The molecule has 3 N–H and O–H groups in total. The van der Waals surface area contributed by atoms with Gasteiger partial charge in [-0.25, -0.2) is 13.1 Å². The van der Waals surface area contributed by atoms with Gasteiger partial charge in [0.2, 0.25) is 10.0 Å². The molecule has 1 fully saturated rings. The lowest BCUT2D eigenvalue weighted by Gasteiger charge is -2.31. The Hall–Kier alpha value is -0.620. The minimum absolute atomic E-state index is 0. The van der Waals surface area contributed by atoms with Crippen molar-refractivity contribution in [2.75, 3.05) is 6.54 Å². The summed E-state index contributed by atoms with van der Waals surface area (Å²) in [6, 6.07) is 7.13. The maximum Gasteiger partial charge on any atom is 0.240 e. The molecule has 1 aromatic rings. The highest BCUT2D eigenvalue weighted by molar-refractivity contribution is 7.89. The average molecular weight is 333 g/mol. The lowest BCUT2D eigenvalue weighted by molar-refractivity contribution is 0.296. The molecule has 0 spiro atoms. The molecule has 2 unspecified atom stereocenters. The first-order chi connectivity index (χ1) is 9.56. The molecule has 0 bridgehead atoms. The van der Waals surface area contributed by atoms with Gasteiger partial charge in [-0.3, -0.25) is 0 Å². The topological polar surface area (TPSA) is 72.2 Å². The molecule has 1 aliphatic carbocycles. The van der Waals surface area contributed by atoms with Gasteiger partial charge < -0.3 is 5.73 Å². The summed E-state index contributed by atoms with van der Waals surface area (Å²) in [6.07, 6.45) is 4.94. The summed E-state index contributed by atoms with van der Waals surface area (Å²) >= 11 is 0. The molecule has 0 amide bonds. The predicted molar refractivity (Wildman–Crippen MR) is 88.2 cm³/mol. The van der Waals surface area contributed by atoms with Crippen molar-refractivity contribution in [2.45, 2.75) is 50.0 Å². The first kappa shape index (κ1) is 18.4. The van der Waals surface area contributed by atoms with Crippen LogP contribution in [-0.2, 0) is 16.4 Å². The van der Waals surface area contributed by atoms with Crippen molar-refractivity contribution in [3.63, 3.8) is 0 Å². The monoisotopic (exact) mass is 332 g/mol. The molecule has 1 aromatic carbocycles. The Morgan fingerprint density at radius 1 is 1.29 bits per heavy atom. The first-order valence-electron chi connectivity index (χ1n) is 7.38. The number of rotatable bonds is 5. The summed E-state index contributed by atoms with van der Waals surface area (Å²) in [7, 11) is -3.44. The Bertz CT molecular complexity index is 548. The zero-order valence-corrected chi connectivity index (χ0v) is 14.1. The van der Waals surface area contributed by atoms with Crippen LogP contribution >= 0.6 is 12.4 Å². The maximum absolute atomic E-state index is 12.5. The standard InChI is InChI=1S/C15H24N2O2S.ClH/c1-2-12-6-5-8-14(10-12)20(18,19)17-15-9-4-3-7-13(15)11-16;/h5-6,8,10,13,15,17H,2-4,7,9,11,16H2,1H3;1H. The molecule has 1 aliphatic rings. The van der Waals surface area contributed by atoms with Crippen LogP contribution in [0.25, 0.3) is 0 Å². The number of hydrogen-bond acceptors (Lipinski definition) is 3. The van der Waals surface area contributed by atoms with Gasteiger partial charge in [0.15, 0.2) is 0 Å². The Kier molecular flexibility index (Phi) is 7.13. The summed E-state index contributed by atoms with van der Waals surface area (Å²) in [4.78, 5) is 0.359. The lowest BCUT2D eigenvalue weighted by atomic mass is 9.85. The molecule has 0 aromatic heterocycles. The van der Waals surface area contributed by atoms with Gasteiger partial charge in [0.1, 0.15) is 0 Å². The molecule has 120 valence electrons. The van der Waals surface area contributed by atoms with Crippen LogP contribution in [0.3, 0.4) is 0 Å². The van der Waals surface area contributed by atoms with E-state index in [2.05, 4.69) is 4.72 Å². The Morgan fingerprint density at radius 2 is 2.00 bits per heavy atom. The number of hydrogen-bond donors (Lipinski definition) is 2. The molecule has 0 aliphatic heterocycles. The van der Waals surface area contributed by atoms with E-state index in [1.807, 2.05) is 13.0 Å². The average Bonchev–Trinajstić information content (AvgIpc) is 2.47. The minimum Gasteiger partial charge on any atom is -0.330 e. The van der Waals surface area contributed by atoms with E-state index < -0.39 is 10.0 Å². The van der Waals surface area contributed by atoms with E-state index in [9.17, 15) is 8.42 Å². The zero-order valence-electron chi connectivity index (χ0n) is 12.4. The summed E-state index contributed by atoms with van der Waals surface area (Å²) in [6.45, 7) is 2.56. The minimum atomic E-state index is -3.44. The summed E-state index contributed by atoms with van der Waals surface area (Å²) < 4.78 is 27.8. The molecule has 1 saturated carbocycles. The van der Waals surface area contributed by atoms with Crippen molar-refractivity contribution >= 4 is 22.4 Å². The van der Waals surface area contributed by atoms with Gasteiger partial charge in [-0.05, 0) is 49.4 Å². The van der Waals surface area contributed by atoms with Gasteiger partial charge in [-0.1, -0.05) is 31.9 Å². The molecule has 21 heavy (non-hydrogen) atoms. The van der Waals surface area contributed by atoms with E-state index in [0.717, 1.165) is 37.7 Å². The van der Waals surface area contributed by atoms with Gasteiger partial charge in [-0.2, -0.15) is 0 Å². The highest BCUT2D eigenvalue weighted by atomic mass is 35.5. The number of halogens is 1. The number of nitrogens with one attached hydrogen (secondary N) is 1. The van der Waals surface area contributed by atoms with E-state index in [0.29, 0.717) is 11.4 Å². The second-order valence-corrected chi connectivity index (χ2v) is 7.22. The summed E-state index contributed by atoms with van der Waals surface area (Å²) in [5, 5.41) is 0. The molecule has 0 radical (unpaired) electrons. The van der Waals surface area contributed by atoms with E-state index in [1.165, 1.54) is 0 Å². The van der Waals surface area contributed by atoms with Crippen LogP contribution in [-0.4, -0.2) is 21.0 Å². The third-order valence-electron chi connectivity index (χ3n) is 4.14. The fourth-order valence-electron chi connectivity index (χ4n) is 2.84. The van der Waals surface area contributed by atoms with Gasteiger partial charge in [-0.15, -0.1) is 12.4 Å². The summed E-state index contributed by atoms with van der Waals surface area (Å²) in [5.41, 5.74) is 6.80. The van der Waals surface area contributed by atoms with Crippen molar-refractivity contribution in [3.05, 3.63) is 29.8 Å². The Morgan fingerprint density at radius 3 is 2.67 bits per heavy atom. The SMILES string of the molecule is CCc1cccc(S(=O)(=O)NC2CCCCC2CN)c1.Cl. The Labute approximate surface area is 134 Å². The van der Waals surface area contributed by atoms with Crippen molar-refractivity contribution in [1.82, 2.24) is 4.72 Å². The fourth-order valence-corrected chi connectivity index (χ4v) is 4.25. The smallest absolute Gasteiger partial charge is 0.240 e. The molecule has 0 heterocycles. The van der Waals surface area contributed by atoms with Crippen molar-refractivity contribution in [3.8, 4) is 0 Å². The number of benzene rings is 1. The lowest BCUT2D eigenvalue weighted by Crippen LogP contribution is -2.44. The molecule has 2 atom stereocenters. The quantitative estimate of drug-likeness (QED) is 0.870. The number of sulfonamides is 1. The van der Waals surface area contributed by atoms with Gasteiger partial charge in [0.25, 0.3) is 0 Å². The largest absolute Gasteiger partial charge is 0.330 e. The molecule has 0 saturated heterocycles. The highest BCUT2D eigenvalue weighted by Gasteiger charge is 2.28. The normalized spacial score (nSPS) is 22.6. The van der Waals surface area contributed by atoms with Gasteiger partial charge >= 0.3 is 0 Å². The van der Waals surface area contributed by atoms with E-state index in [1.54, 1.807) is 18.2 Å². The van der Waals surface area contributed by atoms with E-state index in [-0.39, 0.29) is 24.4 Å². The molecule has 6 heteroatoms. The number of nitrogens with two attached hydrogens (primary N) is 1. The Balaban J connectivity index is 0.00000220. The van der Waals surface area contributed by atoms with Crippen LogP contribution < -0.4 is 10.5 Å². The molecular formula is C15H25ClN2O2S. The maximum atomic E-state index is 12.5. The molecule has 2 rings (SSSR count). The van der Waals surface area contributed by atoms with Gasteiger partial charge in [0, 0.05) is 6.04 Å². The van der Waals surface area contributed by atoms with Crippen LogP contribution in [0.15, 0.2) is 29.2 Å². The fraction of sp³-hybridized carbons (Fsp3) is 0.600. The highest BCUT2D eigenvalue weighted by Crippen LogP contribution is 2.25. The van der Waals surface area contributed by atoms with Crippen molar-refractivity contribution < 1.29 is 8.42 Å². The van der Waals surface area contributed by atoms with Crippen LogP contribution in [0.2, 0.25) is 0 Å². The zero-order chi connectivity index (χ0) is 14.6. The van der Waals surface area contributed by atoms with Gasteiger partial charge in [0.05, 0.1) is 4.90 Å². The summed E-state index contributed by atoms with van der Waals surface area (Å²) in [5.74, 6) is 0.257. The second kappa shape index (κ2) is 8.13. The number of aryl methyl sites for hydroxylation is 1. The van der Waals surface area contributed by atoms with Crippen LogP contribution in [0.4, 0.5) is 0 Å². The third-order valence-corrected chi connectivity index (χ3v) is 5.62. The predicted octanol–water partition coefficient (Wildman–Crippen LogP) is 2.47. The molecular weight excluding hydrogens is 308 g/mol. The van der Waals surface area contributed by atoms with Crippen LogP contribution in [0.5, 0.6) is 0 Å². The molecule has 4 nitrogen and oxygen atoms in total.